The summed E-state index contributed by atoms with van der Waals surface area (Å²) < 4.78 is 13.1. The highest BCUT2D eigenvalue weighted by Gasteiger charge is 2.14. The van der Waals surface area contributed by atoms with Crippen molar-refractivity contribution in [1.82, 2.24) is 30.0 Å². The Morgan fingerprint density at radius 3 is 2.66 bits per heavy atom. The Morgan fingerprint density at radius 1 is 1.16 bits per heavy atom. The predicted molar refractivity (Wildman–Crippen MR) is 138 cm³/mol. The molecular formula is C26H26N8O4. The molecule has 2 aromatic heterocycles. The monoisotopic (exact) mass is 514 g/mol. The Labute approximate surface area is 218 Å². The number of anilines is 2. The molecule has 38 heavy (non-hydrogen) atoms. The van der Waals surface area contributed by atoms with Crippen LogP contribution < -0.4 is 20.1 Å². The molecule has 0 fully saturated rings. The molecule has 0 radical (unpaired) electrons. The van der Waals surface area contributed by atoms with Crippen molar-refractivity contribution in [3.63, 3.8) is 0 Å². The van der Waals surface area contributed by atoms with Gasteiger partial charge in [0, 0.05) is 30.1 Å². The molecule has 1 amide bonds. The minimum absolute atomic E-state index is 0.143. The SMILES string of the molecule is COc1cc(C(=O)NCCO)ccc1Nc1ncc(-c2ccc(C#N)c(OC(C)Cn3cncn3)c2)cn1. The van der Waals surface area contributed by atoms with Gasteiger partial charge >= 0.3 is 0 Å². The van der Waals surface area contributed by atoms with Crippen LogP contribution in [0.1, 0.15) is 22.8 Å². The summed E-state index contributed by atoms with van der Waals surface area (Å²) in [5.41, 5.74) is 2.91. The van der Waals surface area contributed by atoms with E-state index in [9.17, 15) is 10.1 Å². The summed E-state index contributed by atoms with van der Waals surface area (Å²) in [4.78, 5) is 24.9. The second-order valence-electron chi connectivity index (χ2n) is 8.18. The number of hydrogen-bond acceptors (Lipinski definition) is 10. The average Bonchev–Trinajstić information content (AvgIpc) is 3.45. The highest BCUT2D eigenvalue weighted by Crippen LogP contribution is 2.30. The minimum Gasteiger partial charge on any atom is -0.495 e. The highest BCUT2D eigenvalue weighted by molar-refractivity contribution is 5.95. The fourth-order valence-corrected chi connectivity index (χ4v) is 3.61. The van der Waals surface area contributed by atoms with Gasteiger partial charge in [-0.3, -0.25) is 4.79 Å². The van der Waals surface area contributed by atoms with Crippen LogP contribution in [0, 0.1) is 11.3 Å². The molecule has 0 saturated heterocycles. The molecule has 0 aliphatic rings. The molecule has 194 valence electrons. The van der Waals surface area contributed by atoms with Crippen molar-refractivity contribution < 1.29 is 19.4 Å². The number of nitriles is 1. The van der Waals surface area contributed by atoms with E-state index in [1.54, 1.807) is 53.7 Å². The lowest BCUT2D eigenvalue weighted by molar-refractivity contribution is 0.0944. The van der Waals surface area contributed by atoms with Crippen LogP contribution in [0.3, 0.4) is 0 Å². The number of methoxy groups -OCH3 is 1. The van der Waals surface area contributed by atoms with Crippen molar-refractivity contribution in [3.8, 4) is 28.7 Å². The van der Waals surface area contributed by atoms with Gasteiger partial charge in [0.1, 0.15) is 36.3 Å². The van der Waals surface area contributed by atoms with E-state index in [4.69, 9.17) is 14.6 Å². The van der Waals surface area contributed by atoms with Gasteiger partial charge in [-0.1, -0.05) is 6.07 Å². The van der Waals surface area contributed by atoms with Crippen LogP contribution in [-0.2, 0) is 6.54 Å². The van der Waals surface area contributed by atoms with Gasteiger partial charge < -0.3 is 25.2 Å². The zero-order valence-electron chi connectivity index (χ0n) is 20.8. The lowest BCUT2D eigenvalue weighted by atomic mass is 10.1. The molecule has 0 bridgehead atoms. The quantitative estimate of drug-likeness (QED) is 0.271. The number of nitrogens with zero attached hydrogens (tertiary/aromatic N) is 6. The van der Waals surface area contributed by atoms with Crippen molar-refractivity contribution >= 4 is 17.5 Å². The number of aliphatic hydroxyl groups is 1. The molecule has 4 rings (SSSR count). The lowest BCUT2D eigenvalue weighted by Gasteiger charge is -2.16. The standard InChI is InChI=1S/C26H26N8O4/c1-17(14-34-16-28-15-32-34)38-23-9-18(3-4-20(23)11-27)21-12-30-26(31-13-21)33-22-6-5-19(10-24(22)37-2)25(36)29-7-8-35/h3-6,9-10,12-13,15-17,35H,7-8,14H2,1-2H3,(H,29,36)(H,30,31,33). The number of carbonyl (C=O) groups excluding carboxylic acids is 1. The Kier molecular flexibility index (Phi) is 8.42. The lowest BCUT2D eigenvalue weighted by Crippen LogP contribution is -2.26. The molecule has 2 aromatic carbocycles. The largest absolute Gasteiger partial charge is 0.495 e. The van der Waals surface area contributed by atoms with E-state index in [2.05, 4.69) is 36.8 Å². The maximum Gasteiger partial charge on any atom is 0.251 e. The highest BCUT2D eigenvalue weighted by atomic mass is 16.5. The molecule has 1 unspecified atom stereocenters. The predicted octanol–water partition coefficient (Wildman–Crippen LogP) is 2.55. The van der Waals surface area contributed by atoms with Crippen LogP contribution in [-0.4, -0.2) is 62.1 Å². The van der Waals surface area contributed by atoms with Gasteiger partial charge in [-0.15, -0.1) is 0 Å². The number of benzene rings is 2. The molecule has 12 heteroatoms. The number of nitrogens with one attached hydrogen (secondary N) is 2. The molecule has 1 atom stereocenters. The summed E-state index contributed by atoms with van der Waals surface area (Å²) in [6, 6.07) is 12.4. The van der Waals surface area contributed by atoms with Gasteiger partial charge in [0.2, 0.25) is 5.95 Å². The molecule has 12 nitrogen and oxygen atoms in total. The van der Waals surface area contributed by atoms with Crippen LogP contribution in [0.2, 0.25) is 0 Å². The molecule has 0 spiro atoms. The van der Waals surface area contributed by atoms with E-state index in [1.807, 2.05) is 13.0 Å². The topological polar surface area (TPSA) is 160 Å². The first kappa shape index (κ1) is 26.1. The number of aromatic nitrogens is 5. The van der Waals surface area contributed by atoms with Gasteiger partial charge in [-0.25, -0.2) is 19.6 Å². The molecule has 0 saturated carbocycles. The van der Waals surface area contributed by atoms with Crippen molar-refractivity contribution in [3.05, 3.63) is 72.6 Å². The van der Waals surface area contributed by atoms with Crippen molar-refractivity contribution in [1.29, 1.82) is 5.26 Å². The van der Waals surface area contributed by atoms with Gasteiger partial charge in [-0.05, 0) is 42.8 Å². The summed E-state index contributed by atoms with van der Waals surface area (Å²) in [6.45, 7) is 2.39. The van der Waals surface area contributed by atoms with E-state index in [-0.39, 0.29) is 25.2 Å². The molecule has 0 aliphatic carbocycles. The molecule has 0 aliphatic heterocycles. The summed E-state index contributed by atoms with van der Waals surface area (Å²) in [6.07, 6.45) is 6.13. The fraction of sp³-hybridized carbons (Fsp3) is 0.231. The van der Waals surface area contributed by atoms with E-state index in [0.29, 0.717) is 40.8 Å². The number of hydrogen-bond donors (Lipinski definition) is 3. The first-order valence-electron chi connectivity index (χ1n) is 11.7. The van der Waals surface area contributed by atoms with Gasteiger partial charge in [-0.2, -0.15) is 10.4 Å². The number of ether oxygens (including phenoxy) is 2. The third-order valence-corrected chi connectivity index (χ3v) is 5.43. The second kappa shape index (κ2) is 12.3. The summed E-state index contributed by atoms with van der Waals surface area (Å²) in [5.74, 6) is 0.898. The van der Waals surface area contributed by atoms with Gasteiger partial charge in [0.25, 0.3) is 5.91 Å². The summed E-state index contributed by atoms with van der Waals surface area (Å²) in [5, 5.41) is 28.2. The fourth-order valence-electron chi connectivity index (χ4n) is 3.61. The van der Waals surface area contributed by atoms with Crippen LogP contribution >= 0.6 is 0 Å². The summed E-state index contributed by atoms with van der Waals surface area (Å²) >= 11 is 0. The zero-order valence-corrected chi connectivity index (χ0v) is 20.8. The number of amides is 1. The summed E-state index contributed by atoms with van der Waals surface area (Å²) in [7, 11) is 1.50. The van der Waals surface area contributed by atoms with Crippen molar-refractivity contribution in [2.75, 3.05) is 25.6 Å². The first-order chi connectivity index (χ1) is 18.5. The van der Waals surface area contributed by atoms with Crippen molar-refractivity contribution in [2.45, 2.75) is 19.6 Å². The third-order valence-electron chi connectivity index (χ3n) is 5.43. The molecule has 2 heterocycles. The second-order valence-corrected chi connectivity index (χ2v) is 8.18. The van der Waals surface area contributed by atoms with Crippen LogP contribution in [0.25, 0.3) is 11.1 Å². The Morgan fingerprint density at radius 2 is 1.97 bits per heavy atom. The number of carbonyl (C=O) groups is 1. The molecular weight excluding hydrogens is 488 g/mol. The maximum absolute atomic E-state index is 12.2. The van der Waals surface area contributed by atoms with Gasteiger partial charge in [0.15, 0.2) is 0 Å². The minimum atomic E-state index is -0.317. The first-order valence-corrected chi connectivity index (χ1v) is 11.7. The Bertz CT molecular complexity index is 1420. The van der Waals surface area contributed by atoms with E-state index in [1.165, 1.54) is 13.4 Å². The number of rotatable bonds is 11. The van der Waals surface area contributed by atoms with Gasteiger partial charge in [0.05, 0.1) is 31.5 Å². The van der Waals surface area contributed by atoms with E-state index < -0.39 is 0 Å². The van der Waals surface area contributed by atoms with E-state index >= 15 is 0 Å². The van der Waals surface area contributed by atoms with Crippen LogP contribution in [0.4, 0.5) is 11.6 Å². The smallest absolute Gasteiger partial charge is 0.251 e. The zero-order chi connectivity index (χ0) is 26.9. The molecule has 3 N–H and O–H groups in total. The normalized spacial score (nSPS) is 11.3. The van der Waals surface area contributed by atoms with Crippen LogP contribution in [0.5, 0.6) is 11.5 Å². The third kappa shape index (κ3) is 6.40. The van der Waals surface area contributed by atoms with Crippen molar-refractivity contribution in [2.24, 2.45) is 0 Å². The van der Waals surface area contributed by atoms with Crippen LogP contribution in [0.15, 0.2) is 61.4 Å². The van der Waals surface area contributed by atoms with E-state index in [0.717, 1.165) is 11.1 Å². The Balaban J connectivity index is 1.48. The number of aliphatic hydroxyl groups excluding tert-OH is 1. The Hall–Kier alpha value is -5.02. The molecule has 4 aromatic rings. The average molecular weight is 515 g/mol. The maximum atomic E-state index is 12.2.